The van der Waals surface area contributed by atoms with Crippen LogP contribution in [0.4, 0.5) is 0 Å². The Bertz CT molecular complexity index is 461. The summed E-state index contributed by atoms with van der Waals surface area (Å²) in [5.74, 6) is 3.24. The second-order valence-electron chi connectivity index (χ2n) is 6.30. The number of hydrogen-bond donors (Lipinski definition) is 1. The third-order valence-corrected chi connectivity index (χ3v) is 5.95. The number of rotatable bonds is 5. The van der Waals surface area contributed by atoms with E-state index in [1.807, 2.05) is 18.2 Å². The molecule has 2 fully saturated rings. The summed E-state index contributed by atoms with van der Waals surface area (Å²) in [5.41, 5.74) is 0. The van der Waals surface area contributed by atoms with Gasteiger partial charge in [-0.05, 0) is 56.1 Å². The van der Waals surface area contributed by atoms with E-state index in [2.05, 4.69) is 24.4 Å². The molecule has 0 saturated heterocycles. The lowest BCUT2D eigenvalue weighted by molar-refractivity contribution is -0.119. The average Bonchev–Trinajstić information content (AvgIpc) is 3.09. The van der Waals surface area contributed by atoms with E-state index < -0.39 is 0 Å². The van der Waals surface area contributed by atoms with Crippen LogP contribution in [0.15, 0.2) is 35.2 Å². The minimum atomic E-state index is 0.175. The Balaban J connectivity index is 1.44. The van der Waals surface area contributed by atoms with Crippen LogP contribution in [-0.4, -0.2) is 17.7 Å². The van der Waals surface area contributed by atoms with Gasteiger partial charge in [0, 0.05) is 10.9 Å². The van der Waals surface area contributed by atoms with Crippen molar-refractivity contribution in [2.75, 3.05) is 5.75 Å². The molecule has 1 aromatic carbocycles. The van der Waals surface area contributed by atoms with Crippen LogP contribution in [-0.2, 0) is 4.79 Å². The molecule has 1 N–H and O–H groups in total. The number of carbonyl (C=O) groups excluding carboxylic acids is 1. The van der Waals surface area contributed by atoms with E-state index in [4.69, 9.17) is 0 Å². The Morgan fingerprint density at radius 3 is 2.75 bits per heavy atom. The summed E-state index contributed by atoms with van der Waals surface area (Å²) in [6.07, 6.45) is 5.54. The predicted molar refractivity (Wildman–Crippen MR) is 83.7 cm³/mol. The van der Waals surface area contributed by atoms with Crippen molar-refractivity contribution in [2.45, 2.75) is 43.5 Å². The second kappa shape index (κ2) is 6.21. The van der Waals surface area contributed by atoms with E-state index in [0.717, 1.165) is 22.6 Å². The van der Waals surface area contributed by atoms with Crippen LogP contribution in [0.1, 0.15) is 32.6 Å². The minimum absolute atomic E-state index is 0.175. The summed E-state index contributed by atoms with van der Waals surface area (Å²) in [6, 6.07) is 10.5. The highest BCUT2D eigenvalue weighted by Gasteiger charge is 2.42. The number of benzene rings is 1. The lowest BCUT2D eigenvalue weighted by Gasteiger charge is -2.28. The Morgan fingerprint density at radius 1 is 1.30 bits per heavy atom. The zero-order valence-corrected chi connectivity index (χ0v) is 12.9. The Labute approximate surface area is 125 Å². The molecule has 1 amide bonds. The first-order valence-electron chi connectivity index (χ1n) is 7.69. The van der Waals surface area contributed by atoms with Gasteiger partial charge in [0.15, 0.2) is 0 Å². The van der Waals surface area contributed by atoms with Crippen molar-refractivity contribution in [1.82, 2.24) is 5.32 Å². The predicted octanol–water partition coefficient (Wildman–Crippen LogP) is 3.72. The number of thioether (sulfide) groups is 1. The van der Waals surface area contributed by atoms with E-state index in [0.29, 0.717) is 11.8 Å². The number of amides is 1. The maximum absolute atomic E-state index is 12.1. The first kappa shape index (κ1) is 14.0. The molecule has 0 radical (unpaired) electrons. The molecule has 0 aromatic heterocycles. The fourth-order valence-electron chi connectivity index (χ4n) is 3.97. The number of carbonyl (C=O) groups is 1. The Morgan fingerprint density at radius 2 is 2.10 bits per heavy atom. The molecular formula is C17H23NOS. The van der Waals surface area contributed by atoms with Gasteiger partial charge in [0.2, 0.25) is 5.91 Å². The van der Waals surface area contributed by atoms with Crippen LogP contribution >= 0.6 is 11.8 Å². The molecule has 20 heavy (non-hydrogen) atoms. The summed E-state index contributed by atoms with van der Waals surface area (Å²) in [5, 5.41) is 3.22. The van der Waals surface area contributed by atoms with Crippen LogP contribution in [0.25, 0.3) is 0 Å². The first-order chi connectivity index (χ1) is 9.72. The number of nitrogens with one attached hydrogen (secondary N) is 1. The van der Waals surface area contributed by atoms with Crippen molar-refractivity contribution < 1.29 is 4.79 Å². The lowest BCUT2D eigenvalue weighted by atomic mass is 9.84. The van der Waals surface area contributed by atoms with Gasteiger partial charge >= 0.3 is 0 Å². The number of fused-ring (bicyclic) bond motifs is 2. The summed E-state index contributed by atoms with van der Waals surface area (Å²) < 4.78 is 0. The molecule has 3 heteroatoms. The molecule has 2 aliphatic carbocycles. The minimum Gasteiger partial charge on any atom is -0.353 e. The molecule has 4 unspecified atom stereocenters. The molecule has 108 valence electrons. The summed E-state index contributed by atoms with van der Waals surface area (Å²) in [6.45, 7) is 2.19. The monoisotopic (exact) mass is 289 g/mol. The summed E-state index contributed by atoms with van der Waals surface area (Å²) >= 11 is 1.62. The molecule has 2 nitrogen and oxygen atoms in total. The highest BCUT2D eigenvalue weighted by molar-refractivity contribution is 8.00. The van der Waals surface area contributed by atoms with Gasteiger partial charge in [-0.2, -0.15) is 0 Å². The highest BCUT2D eigenvalue weighted by Crippen LogP contribution is 2.49. The Kier molecular flexibility index (Phi) is 4.35. The summed E-state index contributed by atoms with van der Waals surface area (Å²) in [7, 11) is 0. The highest BCUT2D eigenvalue weighted by atomic mass is 32.2. The third-order valence-electron chi connectivity index (χ3n) is 4.94. The fourth-order valence-corrected chi connectivity index (χ4v) is 4.71. The maximum Gasteiger partial charge on any atom is 0.230 e. The zero-order valence-electron chi connectivity index (χ0n) is 12.0. The van der Waals surface area contributed by atoms with Crippen molar-refractivity contribution in [3.63, 3.8) is 0 Å². The van der Waals surface area contributed by atoms with Crippen LogP contribution in [0.5, 0.6) is 0 Å². The molecule has 0 aliphatic heterocycles. The maximum atomic E-state index is 12.1. The van der Waals surface area contributed by atoms with Crippen LogP contribution in [0.3, 0.4) is 0 Å². The molecule has 2 saturated carbocycles. The quantitative estimate of drug-likeness (QED) is 0.837. The van der Waals surface area contributed by atoms with Gasteiger partial charge in [-0.3, -0.25) is 4.79 Å². The first-order valence-corrected chi connectivity index (χ1v) is 8.68. The molecule has 2 aliphatic rings. The van der Waals surface area contributed by atoms with E-state index >= 15 is 0 Å². The third kappa shape index (κ3) is 3.20. The molecule has 0 heterocycles. The van der Waals surface area contributed by atoms with Gasteiger partial charge in [-0.1, -0.05) is 24.6 Å². The topological polar surface area (TPSA) is 29.1 Å². The van der Waals surface area contributed by atoms with Gasteiger partial charge < -0.3 is 5.32 Å². The van der Waals surface area contributed by atoms with Gasteiger partial charge in [0.25, 0.3) is 0 Å². The largest absolute Gasteiger partial charge is 0.353 e. The summed E-state index contributed by atoms with van der Waals surface area (Å²) in [4.78, 5) is 13.2. The van der Waals surface area contributed by atoms with Gasteiger partial charge in [-0.15, -0.1) is 11.8 Å². The van der Waals surface area contributed by atoms with Gasteiger partial charge in [0.05, 0.1) is 5.75 Å². The van der Waals surface area contributed by atoms with E-state index in [1.165, 1.54) is 25.7 Å². The SMILES string of the molecule is CC(NC(=O)CSc1ccccc1)C1CC2CCC1C2. The molecule has 1 aromatic rings. The van der Waals surface area contributed by atoms with Crippen molar-refractivity contribution in [3.8, 4) is 0 Å². The number of hydrogen-bond acceptors (Lipinski definition) is 2. The lowest BCUT2D eigenvalue weighted by Crippen LogP contribution is -2.40. The molecule has 2 bridgehead atoms. The van der Waals surface area contributed by atoms with E-state index in [-0.39, 0.29) is 5.91 Å². The molecule has 0 spiro atoms. The van der Waals surface area contributed by atoms with Crippen molar-refractivity contribution in [1.29, 1.82) is 0 Å². The average molecular weight is 289 g/mol. The fraction of sp³-hybridized carbons (Fsp3) is 0.588. The molecular weight excluding hydrogens is 266 g/mol. The van der Waals surface area contributed by atoms with Crippen LogP contribution in [0.2, 0.25) is 0 Å². The Hall–Kier alpha value is -0.960. The standard InChI is InChI=1S/C17H23NOS/c1-12(16-10-13-7-8-14(16)9-13)18-17(19)11-20-15-5-3-2-4-6-15/h2-6,12-14,16H,7-11H2,1H3,(H,18,19). The second-order valence-corrected chi connectivity index (χ2v) is 7.35. The van der Waals surface area contributed by atoms with Crippen LogP contribution in [0, 0.1) is 17.8 Å². The molecule has 3 rings (SSSR count). The van der Waals surface area contributed by atoms with Gasteiger partial charge in [-0.25, -0.2) is 0 Å². The van der Waals surface area contributed by atoms with Crippen molar-refractivity contribution in [3.05, 3.63) is 30.3 Å². The van der Waals surface area contributed by atoms with Crippen molar-refractivity contribution in [2.24, 2.45) is 17.8 Å². The van der Waals surface area contributed by atoms with E-state index in [9.17, 15) is 4.79 Å². The smallest absolute Gasteiger partial charge is 0.230 e. The van der Waals surface area contributed by atoms with Gasteiger partial charge in [0.1, 0.15) is 0 Å². The van der Waals surface area contributed by atoms with E-state index in [1.54, 1.807) is 11.8 Å². The van der Waals surface area contributed by atoms with Crippen molar-refractivity contribution >= 4 is 17.7 Å². The zero-order chi connectivity index (χ0) is 13.9. The van der Waals surface area contributed by atoms with Crippen LogP contribution < -0.4 is 5.32 Å². The normalized spacial score (nSPS) is 29.4. The molecule has 4 atom stereocenters.